The summed E-state index contributed by atoms with van der Waals surface area (Å²) < 4.78 is 7.26. The highest BCUT2D eigenvalue weighted by Crippen LogP contribution is 2.22. The van der Waals surface area contributed by atoms with E-state index < -0.39 is 0 Å². The van der Waals surface area contributed by atoms with E-state index in [0.717, 1.165) is 55.9 Å². The lowest BCUT2D eigenvalue weighted by Crippen LogP contribution is -2.54. The summed E-state index contributed by atoms with van der Waals surface area (Å²) in [4.78, 5) is 33.7. The average molecular weight is 486 g/mol. The Bertz CT molecular complexity index is 906. The Morgan fingerprint density at radius 1 is 0.844 bits per heavy atom. The van der Waals surface area contributed by atoms with Gasteiger partial charge in [0.1, 0.15) is 12.3 Å². The van der Waals surface area contributed by atoms with Gasteiger partial charge >= 0.3 is 0 Å². The first kappa shape index (κ1) is 26.3. The predicted molar refractivity (Wildman–Crippen MR) is 130 cm³/mol. The number of hydrogen-bond donors (Lipinski definition) is 0. The molecule has 1 aromatic carbocycles. The normalized spacial score (nSPS) is 17.6. The second kappa shape index (κ2) is 11.7. The van der Waals surface area contributed by atoms with Gasteiger partial charge in [0.25, 0.3) is 0 Å². The number of likely N-dealkylation sites (N-methyl/N-ethyl adjacent to an activating group) is 1. The van der Waals surface area contributed by atoms with Crippen LogP contribution in [0.2, 0.25) is 0 Å². The number of methoxy groups -OCH3 is 1. The summed E-state index contributed by atoms with van der Waals surface area (Å²) in [5.74, 6) is 1.14. The van der Waals surface area contributed by atoms with Crippen molar-refractivity contribution in [1.82, 2.24) is 24.2 Å². The molecule has 178 valence electrons. The monoisotopic (exact) mass is 485 g/mol. The number of aromatic nitrogens is 1. The van der Waals surface area contributed by atoms with Gasteiger partial charge in [0, 0.05) is 69.5 Å². The van der Waals surface area contributed by atoms with E-state index in [0.29, 0.717) is 26.2 Å². The molecule has 0 saturated carbocycles. The Morgan fingerprint density at radius 3 is 2.06 bits per heavy atom. The molecule has 1 aromatic heterocycles. The van der Waals surface area contributed by atoms with E-state index in [1.165, 1.54) is 0 Å². The molecule has 2 aromatic rings. The number of hydrogen-bond acceptors (Lipinski definition) is 5. The van der Waals surface area contributed by atoms with Gasteiger partial charge in [0.05, 0.1) is 13.7 Å². The number of carbonyl (C=O) groups is 2. The van der Waals surface area contributed by atoms with Crippen molar-refractivity contribution in [2.75, 3.05) is 73.1 Å². The maximum Gasteiger partial charge on any atom is 0.242 e. The Hall–Kier alpha value is -2.00. The van der Waals surface area contributed by atoms with Crippen molar-refractivity contribution in [3.63, 3.8) is 0 Å². The Balaban J connectivity index is 0.00000181. The fraction of sp³-hybridized carbons (Fsp3) is 0.545. The Labute approximate surface area is 201 Å². The first-order chi connectivity index (χ1) is 14.5. The first-order valence-corrected chi connectivity index (χ1v) is 10.6. The van der Waals surface area contributed by atoms with Crippen molar-refractivity contribution < 1.29 is 14.3 Å². The molecule has 2 aliphatic heterocycles. The zero-order chi connectivity index (χ0) is 21.1. The number of carbonyl (C=O) groups excluding carboxylic acids is 2. The first-order valence-electron chi connectivity index (χ1n) is 10.6. The lowest BCUT2D eigenvalue weighted by molar-refractivity contribution is -0.136. The lowest BCUT2D eigenvalue weighted by Gasteiger charge is -2.37. The lowest BCUT2D eigenvalue weighted by atomic mass is 10.2. The van der Waals surface area contributed by atoms with E-state index in [4.69, 9.17) is 4.74 Å². The highest BCUT2D eigenvalue weighted by Gasteiger charge is 2.25. The van der Waals surface area contributed by atoms with Gasteiger partial charge in [-0.2, -0.15) is 0 Å². The molecule has 8 nitrogen and oxygen atoms in total. The zero-order valence-corrected chi connectivity index (χ0v) is 20.4. The molecule has 0 aliphatic carbocycles. The average Bonchev–Trinajstić information content (AvgIpc) is 3.16. The third-order valence-electron chi connectivity index (χ3n) is 6.22. The van der Waals surface area contributed by atoms with E-state index >= 15 is 0 Å². The molecule has 0 spiro atoms. The molecule has 0 N–H and O–H groups in total. The second-order valence-electron chi connectivity index (χ2n) is 8.21. The number of ether oxygens (including phenoxy) is 1. The molecule has 2 aliphatic rings. The highest BCUT2D eigenvalue weighted by molar-refractivity contribution is 5.86. The number of benzene rings is 1. The molecule has 0 bridgehead atoms. The maximum absolute atomic E-state index is 12.8. The smallest absolute Gasteiger partial charge is 0.242 e. The molecule has 0 unspecified atom stereocenters. The van der Waals surface area contributed by atoms with Crippen LogP contribution in [0.15, 0.2) is 30.5 Å². The molecule has 2 fully saturated rings. The largest absolute Gasteiger partial charge is 0.497 e. The number of amides is 2. The minimum atomic E-state index is 0. The summed E-state index contributed by atoms with van der Waals surface area (Å²) in [5.41, 5.74) is 1.03. The molecule has 2 amide bonds. The second-order valence-corrected chi connectivity index (χ2v) is 8.21. The molecular formula is C22H33Cl2N5O3. The summed E-state index contributed by atoms with van der Waals surface area (Å²) in [5, 5.41) is 1.06. The summed E-state index contributed by atoms with van der Waals surface area (Å²) in [6.07, 6.45) is 1.95. The van der Waals surface area contributed by atoms with Gasteiger partial charge in [-0.3, -0.25) is 14.5 Å². The van der Waals surface area contributed by atoms with E-state index in [2.05, 4.69) is 16.8 Å². The van der Waals surface area contributed by atoms with Crippen LogP contribution < -0.4 is 4.74 Å². The topological polar surface area (TPSA) is 61.3 Å². The number of rotatable bonds is 5. The molecule has 10 heteroatoms. The van der Waals surface area contributed by atoms with Crippen molar-refractivity contribution in [3.05, 3.63) is 30.5 Å². The third-order valence-corrected chi connectivity index (χ3v) is 6.22. The minimum absolute atomic E-state index is 0. The number of nitrogens with zero attached hydrogens (tertiary/aromatic N) is 5. The van der Waals surface area contributed by atoms with Crippen LogP contribution in [0.25, 0.3) is 10.9 Å². The van der Waals surface area contributed by atoms with Crippen LogP contribution in [0.5, 0.6) is 5.75 Å². The van der Waals surface area contributed by atoms with Crippen LogP contribution in [-0.4, -0.2) is 109 Å². The van der Waals surface area contributed by atoms with Gasteiger partial charge in [-0.25, -0.2) is 0 Å². The zero-order valence-electron chi connectivity index (χ0n) is 18.7. The minimum Gasteiger partial charge on any atom is -0.497 e. The summed E-state index contributed by atoms with van der Waals surface area (Å²) in [6, 6.07) is 7.89. The maximum atomic E-state index is 12.8. The van der Waals surface area contributed by atoms with Gasteiger partial charge in [-0.05, 0) is 31.3 Å². The van der Waals surface area contributed by atoms with Crippen molar-refractivity contribution in [2.24, 2.45) is 0 Å². The van der Waals surface area contributed by atoms with Crippen molar-refractivity contribution in [3.8, 4) is 5.75 Å². The summed E-state index contributed by atoms with van der Waals surface area (Å²) in [7, 11) is 3.74. The van der Waals surface area contributed by atoms with Gasteiger partial charge in [0.2, 0.25) is 11.8 Å². The quantitative estimate of drug-likeness (QED) is 0.640. The standard InChI is InChI=1S/C22H31N5O3.2ClH/c1-23-7-11-25(12-8-23)21(28)16-24-9-13-26(14-10-24)22(29)17-27-6-5-18-15-19(30-2)3-4-20(18)27;;/h3-6,15H,7-14,16-17H2,1-2H3;2*1H. The van der Waals surface area contributed by atoms with Crippen LogP contribution in [0.3, 0.4) is 0 Å². The van der Waals surface area contributed by atoms with E-state index in [1.54, 1.807) is 7.11 Å². The Kier molecular flexibility index (Phi) is 9.64. The number of piperazine rings is 2. The fourth-order valence-corrected chi connectivity index (χ4v) is 4.19. The molecule has 3 heterocycles. The van der Waals surface area contributed by atoms with Crippen LogP contribution in [0, 0.1) is 0 Å². The molecule has 0 atom stereocenters. The van der Waals surface area contributed by atoms with Crippen molar-refractivity contribution in [2.45, 2.75) is 6.54 Å². The van der Waals surface area contributed by atoms with Gasteiger partial charge in [-0.1, -0.05) is 0 Å². The predicted octanol–water partition coefficient (Wildman–Crippen LogP) is 1.41. The van der Waals surface area contributed by atoms with Crippen molar-refractivity contribution in [1.29, 1.82) is 0 Å². The summed E-state index contributed by atoms with van der Waals surface area (Å²) in [6.45, 7) is 7.11. The van der Waals surface area contributed by atoms with Crippen LogP contribution in [0.1, 0.15) is 0 Å². The number of halogens is 2. The molecule has 32 heavy (non-hydrogen) atoms. The third kappa shape index (κ3) is 6.07. The van der Waals surface area contributed by atoms with Crippen LogP contribution >= 0.6 is 24.8 Å². The van der Waals surface area contributed by atoms with E-state index in [-0.39, 0.29) is 36.6 Å². The fourth-order valence-electron chi connectivity index (χ4n) is 4.19. The molecule has 0 radical (unpaired) electrons. The van der Waals surface area contributed by atoms with Crippen LogP contribution in [0.4, 0.5) is 0 Å². The Morgan fingerprint density at radius 2 is 1.44 bits per heavy atom. The summed E-state index contributed by atoms with van der Waals surface area (Å²) >= 11 is 0. The molecule has 4 rings (SSSR count). The van der Waals surface area contributed by atoms with Crippen LogP contribution in [-0.2, 0) is 16.1 Å². The van der Waals surface area contributed by atoms with E-state index in [9.17, 15) is 9.59 Å². The van der Waals surface area contributed by atoms with Gasteiger partial charge in [0.15, 0.2) is 0 Å². The van der Waals surface area contributed by atoms with Gasteiger partial charge < -0.3 is 24.0 Å². The number of fused-ring (bicyclic) bond motifs is 1. The molecule has 2 saturated heterocycles. The SMILES string of the molecule is COc1ccc2c(ccn2CC(=O)N2CCN(CC(=O)N3CCN(C)CC3)CC2)c1.Cl.Cl. The van der Waals surface area contributed by atoms with E-state index in [1.807, 2.05) is 44.8 Å². The van der Waals surface area contributed by atoms with Crippen molar-refractivity contribution >= 4 is 47.5 Å². The highest BCUT2D eigenvalue weighted by atomic mass is 35.5. The van der Waals surface area contributed by atoms with Gasteiger partial charge in [-0.15, -0.1) is 24.8 Å². The molecular weight excluding hydrogens is 453 g/mol.